The van der Waals surface area contributed by atoms with Crippen LogP contribution in [-0.4, -0.2) is 23.5 Å². The van der Waals surface area contributed by atoms with Gasteiger partial charge in [0.2, 0.25) is 0 Å². The van der Waals surface area contributed by atoms with E-state index in [-0.39, 0.29) is 0 Å². The molecule has 0 saturated carbocycles. The lowest BCUT2D eigenvalue weighted by Gasteiger charge is -2.14. The number of primary amides is 1. The fraction of sp³-hybridized carbons (Fsp3) is 0.364. The number of nitrogen functional groups attached to an aromatic ring is 1. The summed E-state index contributed by atoms with van der Waals surface area (Å²) in [4.78, 5) is 11.1. The van der Waals surface area contributed by atoms with E-state index in [1.165, 1.54) is 5.75 Å². The van der Waals surface area contributed by atoms with Crippen molar-refractivity contribution in [3.63, 3.8) is 0 Å². The SMILES string of the molecule is NC(=O)c1cc(NC2CCSC2)ccc1N. The van der Waals surface area contributed by atoms with Crippen LogP contribution >= 0.6 is 11.8 Å². The van der Waals surface area contributed by atoms with Crippen molar-refractivity contribution in [1.82, 2.24) is 0 Å². The lowest BCUT2D eigenvalue weighted by atomic mass is 10.1. The lowest BCUT2D eigenvalue weighted by molar-refractivity contribution is 0.100. The summed E-state index contributed by atoms with van der Waals surface area (Å²) in [6, 6.07) is 5.80. The summed E-state index contributed by atoms with van der Waals surface area (Å²) in [6.45, 7) is 0. The molecule has 5 N–H and O–H groups in total. The van der Waals surface area contributed by atoms with E-state index in [9.17, 15) is 4.79 Å². The van der Waals surface area contributed by atoms with Crippen LogP contribution in [0.25, 0.3) is 0 Å². The third kappa shape index (κ3) is 2.41. The normalized spacial score (nSPS) is 19.6. The first kappa shape index (κ1) is 11.1. The second-order valence-corrected chi connectivity index (χ2v) is 5.02. The molecular formula is C11H15N3OS. The average molecular weight is 237 g/mol. The standard InChI is InChI=1S/C11H15N3OS/c12-10-2-1-7(5-9(10)11(13)15)14-8-3-4-16-6-8/h1-2,5,8,14H,3-4,6,12H2,(H2,13,15). The largest absolute Gasteiger partial charge is 0.398 e. The van der Waals surface area contributed by atoms with Gasteiger partial charge in [-0.1, -0.05) is 0 Å². The van der Waals surface area contributed by atoms with E-state index >= 15 is 0 Å². The number of nitrogens with one attached hydrogen (secondary N) is 1. The Kier molecular flexibility index (Phi) is 3.24. The number of amides is 1. The Morgan fingerprint density at radius 2 is 2.31 bits per heavy atom. The Hall–Kier alpha value is -1.36. The molecule has 1 amide bonds. The van der Waals surface area contributed by atoms with Crippen LogP contribution in [-0.2, 0) is 0 Å². The minimum atomic E-state index is -0.484. The van der Waals surface area contributed by atoms with Crippen molar-refractivity contribution in [2.45, 2.75) is 12.5 Å². The third-order valence-electron chi connectivity index (χ3n) is 2.62. The molecule has 0 aliphatic carbocycles. The molecule has 1 aliphatic rings. The fourth-order valence-corrected chi connectivity index (χ4v) is 2.90. The molecule has 2 rings (SSSR count). The molecule has 0 spiro atoms. The molecule has 86 valence electrons. The molecule has 5 heteroatoms. The van der Waals surface area contributed by atoms with Gasteiger partial charge in [0, 0.05) is 23.2 Å². The number of hydrogen-bond acceptors (Lipinski definition) is 4. The zero-order chi connectivity index (χ0) is 11.5. The minimum absolute atomic E-state index is 0.385. The quantitative estimate of drug-likeness (QED) is 0.692. The Morgan fingerprint density at radius 1 is 1.50 bits per heavy atom. The summed E-state index contributed by atoms with van der Waals surface area (Å²) in [7, 11) is 0. The van der Waals surface area contributed by atoms with Crippen molar-refractivity contribution < 1.29 is 4.79 Å². The van der Waals surface area contributed by atoms with Gasteiger partial charge in [-0.05, 0) is 30.4 Å². The van der Waals surface area contributed by atoms with Crippen LogP contribution < -0.4 is 16.8 Å². The minimum Gasteiger partial charge on any atom is -0.398 e. The maximum Gasteiger partial charge on any atom is 0.250 e. The predicted octanol–water partition coefficient (Wildman–Crippen LogP) is 1.29. The van der Waals surface area contributed by atoms with E-state index in [2.05, 4.69) is 5.32 Å². The smallest absolute Gasteiger partial charge is 0.250 e. The molecule has 1 aromatic carbocycles. The zero-order valence-electron chi connectivity index (χ0n) is 8.90. The summed E-state index contributed by atoms with van der Waals surface area (Å²) in [5, 5.41) is 3.38. The van der Waals surface area contributed by atoms with Crippen LogP contribution in [0.15, 0.2) is 18.2 Å². The number of carbonyl (C=O) groups excluding carboxylic acids is 1. The number of hydrogen-bond donors (Lipinski definition) is 3. The van der Waals surface area contributed by atoms with Crippen molar-refractivity contribution in [2.75, 3.05) is 22.6 Å². The molecule has 1 unspecified atom stereocenters. The van der Waals surface area contributed by atoms with Crippen molar-refractivity contribution >= 4 is 29.0 Å². The molecule has 0 bridgehead atoms. The second kappa shape index (κ2) is 4.65. The molecule has 1 aromatic rings. The van der Waals surface area contributed by atoms with E-state index in [1.807, 2.05) is 17.8 Å². The molecule has 1 saturated heterocycles. The van der Waals surface area contributed by atoms with Crippen LogP contribution in [0.4, 0.5) is 11.4 Å². The summed E-state index contributed by atoms with van der Waals surface area (Å²) in [6.07, 6.45) is 1.15. The molecule has 4 nitrogen and oxygen atoms in total. The summed E-state index contributed by atoms with van der Waals surface area (Å²) in [5.74, 6) is 1.81. The number of benzene rings is 1. The molecule has 1 aliphatic heterocycles. The van der Waals surface area contributed by atoms with Gasteiger partial charge in [0.25, 0.3) is 5.91 Å². The maximum absolute atomic E-state index is 11.1. The number of anilines is 2. The van der Waals surface area contributed by atoms with Crippen LogP contribution in [0.1, 0.15) is 16.8 Å². The predicted molar refractivity (Wildman–Crippen MR) is 68.7 cm³/mol. The molecule has 1 heterocycles. The fourth-order valence-electron chi connectivity index (χ4n) is 1.74. The van der Waals surface area contributed by atoms with Gasteiger partial charge < -0.3 is 16.8 Å². The van der Waals surface area contributed by atoms with Gasteiger partial charge >= 0.3 is 0 Å². The number of thioether (sulfide) groups is 1. The second-order valence-electron chi connectivity index (χ2n) is 3.87. The Morgan fingerprint density at radius 3 is 2.94 bits per heavy atom. The highest BCUT2D eigenvalue weighted by molar-refractivity contribution is 7.99. The maximum atomic E-state index is 11.1. The van der Waals surface area contributed by atoms with Crippen molar-refractivity contribution in [3.05, 3.63) is 23.8 Å². The topological polar surface area (TPSA) is 81.1 Å². The lowest BCUT2D eigenvalue weighted by Crippen LogP contribution is -2.19. The van der Waals surface area contributed by atoms with Gasteiger partial charge in [-0.15, -0.1) is 0 Å². The van der Waals surface area contributed by atoms with Crippen LogP contribution in [0.5, 0.6) is 0 Å². The summed E-state index contributed by atoms with van der Waals surface area (Å²) in [5.41, 5.74) is 12.6. The van der Waals surface area contributed by atoms with Crippen molar-refractivity contribution in [3.8, 4) is 0 Å². The Balaban J connectivity index is 2.15. The molecule has 1 atom stereocenters. The average Bonchev–Trinajstić information content (AvgIpc) is 2.73. The zero-order valence-corrected chi connectivity index (χ0v) is 9.72. The highest BCUT2D eigenvalue weighted by Crippen LogP contribution is 2.23. The molecule has 0 radical (unpaired) electrons. The van der Waals surface area contributed by atoms with Crippen LogP contribution in [0.3, 0.4) is 0 Å². The highest BCUT2D eigenvalue weighted by atomic mass is 32.2. The van der Waals surface area contributed by atoms with E-state index in [0.29, 0.717) is 17.3 Å². The number of rotatable bonds is 3. The van der Waals surface area contributed by atoms with E-state index < -0.39 is 5.91 Å². The van der Waals surface area contributed by atoms with Gasteiger partial charge in [0.1, 0.15) is 0 Å². The molecular weight excluding hydrogens is 222 g/mol. The van der Waals surface area contributed by atoms with E-state index in [4.69, 9.17) is 11.5 Å². The Bertz CT molecular complexity index is 402. The Labute approximate surface area is 98.8 Å². The van der Waals surface area contributed by atoms with Gasteiger partial charge in [-0.25, -0.2) is 0 Å². The van der Waals surface area contributed by atoms with Gasteiger partial charge in [-0.3, -0.25) is 4.79 Å². The molecule has 16 heavy (non-hydrogen) atoms. The van der Waals surface area contributed by atoms with Gasteiger partial charge in [-0.2, -0.15) is 11.8 Å². The number of carbonyl (C=O) groups is 1. The third-order valence-corrected chi connectivity index (χ3v) is 3.78. The van der Waals surface area contributed by atoms with Crippen LogP contribution in [0, 0.1) is 0 Å². The molecule has 0 aromatic heterocycles. The van der Waals surface area contributed by atoms with Crippen molar-refractivity contribution in [1.29, 1.82) is 0 Å². The highest BCUT2D eigenvalue weighted by Gasteiger charge is 2.15. The van der Waals surface area contributed by atoms with Gasteiger partial charge in [0.15, 0.2) is 0 Å². The summed E-state index contributed by atoms with van der Waals surface area (Å²) < 4.78 is 0. The molecule has 1 fully saturated rings. The van der Waals surface area contributed by atoms with E-state index in [0.717, 1.165) is 17.9 Å². The van der Waals surface area contributed by atoms with Crippen LogP contribution in [0.2, 0.25) is 0 Å². The first-order valence-electron chi connectivity index (χ1n) is 5.20. The first-order valence-corrected chi connectivity index (χ1v) is 6.36. The van der Waals surface area contributed by atoms with Gasteiger partial charge in [0.05, 0.1) is 5.56 Å². The first-order chi connectivity index (χ1) is 7.66. The number of nitrogens with two attached hydrogens (primary N) is 2. The monoisotopic (exact) mass is 237 g/mol. The summed E-state index contributed by atoms with van der Waals surface area (Å²) >= 11 is 1.94. The van der Waals surface area contributed by atoms with E-state index in [1.54, 1.807) is 12.1 Å². The van der Waals surface area contributed by atoms with Crippen molar-refractivity contribution in [2.24, 2.45) is 5.73 Å².